The lowest BCUT2D eigenvalue weighted by Gasteiger charge is -2.26. The fourth-order valence-electron chi connectivity index (χ4n) is 1.51. The molecule has 1 N–H and O–H groups in total. The van der Waals surface area contributed by atoms with Gasteiger partial charge in [-0.1, -0.05) is 19.4 Å². The first kappa shape index (κ1) is 11.5. The largest absolute Gasteiger partial charge is 0.365 e. The molecule has 2 nitrogen and oxygen atoms in total. The number of hydrogen-bond donors (Lipinski definition) is 1. The smallest absolute Gasteiger partial charge is 0.127 e. The molecule has 0 aliphatic rings. The molecule has 0 saturated carbocycles. The molecule has 0 radical (unpaired) electrons. The van der Waals surface area contributed by atoms with Gasteiger partial charge in [-0.05, 0) is 48.3 Å². The Kier molecular flexibility index (Phi) is 3.93. The monoisotopic (exact) mass is 256 g/mol. The zero-order valence-corrected chi connectivity index (χ0v) is 10.6. The van der Waals surface area contributed by atoms with Crippen LogP contribution in [0.2, 0.25) is 0 Å². The van der Waals surface area contributed by atoms with E-state index in [1.54, 1.807) is 0 Å². The quantitative estimate of drug-likeness (QED) is 0.829. The number of hydrogen-bond acceptors (Lipinski definition) is 2. The maximum absolute atomic E-state index is 4.35. The molecule has 14 heavy (non-hydrogen) atoms. The van der Waals surface area contributed by atoms with Crippen molar-refractivity contribution in [3.05, 3.63) is 22.8 Å². The molecule has 0 bridgehead atoms. The van der Waals surface area contributed by atoms with Gasteiger partial charge >= 0.3 is 0 Å². The highest BCUT2D eigenvalue weighted by Crippen LogP contribution is 2.19. The molecule has 0 spiro atoms. The summed E-state index contributed by atoms with van der Waals surface area (Å²) in [5.41, 5.74) is 0.114. The summed E-state index contributed by atoms with van der Waals surface area (Å²) >= 11 is 3.36. The van der Waals surface area contributed by atoms with Crippen molar-refractivity contribution >= 4 is 21.7 Å². The predicted molar refractivity (Wildman–Crippen MR) is 64.5 cm³/mol. The van der Waals surface area contributed by atoms with Gasteiger partial charge in [0.25, 0.3) is 0 Å². The van der Waals surface area contributed by atoms with Gasteiger partial charge in [0.05, 0.1) is 0 Å². The second-order valence-corrected chi connectivity index (χ2v) is 4.92. The van der Waals surface area contributed by atoms with Crippen LogP contribution >= 0.6 is 15.9 Å². The molecule has 0 saturated heterocycles. The van der Waals surface area contributed by atoms with E-state index in [1.807, 2.05) is 18.2 Å². The van der Waals surface area contributed by atoms with Crippen LogP contribution in [0.5, 0.6) is 0 Å². The van der Waals surface area contributed by atoms with E-state index in [2.05, 4.69) is 47.0 Å². The summed E-state index contributed by atoms with van der Waals surface area (Å²) in [7, 11) is 0. The Hall–Kier alpha value is -0.570. The molecule has 3 heteroatoms. The summed E-state index contributed by atoms with van der Waals surface area (Å²) in [6.45, 7) is 6.58. The molecule has 1 aromatic heterocycles. The molecule has 0 unspecified atom stereocenters. The van der Waals surface area contributed by atoms with Gasteiger partial charge in [-0.15, -0.1) is 0 Å². The maximum Gasteiger partial charge on any atom is 0.127 e. The Morgan fingerprint density at radius 3 is 2.71 bits per heavy atom. The molecule has 0 aliphatic carbocycles. The van der Waals surface area contributed by atoms with Crippen LogP contribution in [0.3, 0.4) is 0 Å². The zero-order valence-electron chi connectivity index (χ0n) is 8.97. The zero-order chi connectivity index (χ0) is 10.6. The number of rotatable bonds is 4. The minimum Gasteiger partial charge on any atom is -0.365 e. The Labute approximate surface area is 94.3 Å². The van der Waals surface area contributed by atoms with Crippen LogP contribution in [0, 0.1) is 0 Å². The second kappa shape index (κ2) is 4.78. The molecule has 0 aliphatic heterocycles. The summed E-state index contributed by atoms with van der Waals surface area (Å²) in [5.74, 6) is 0.929. The highest BCUT2D eigenvalue weighted by molar-refractivity contribution is 9.10. The standard InChI is InChI=1S/C11H17BrN2/c1-4-8-11(2,3)14-10-7-5-6-9(12)13-10/h5-7H,4,8H2,1-3H3,(H,13,14). The summed E-state index contributed by atoms with van der Waals surface area (Å²) in [4.78, 5) is 4.35. The van der Waals surface area contributed by atoms with Crippen LogP contribution < -0.4 is 5.32 Å². The Morgan fingerprint density at radius 1 is 1.43 bits per heavy atom. The van der Waals surface area contributed by atoms with Crippen molar-refractivity contribution in [2.75, 3.05) is 5.32 Å². The minimum absolute atomic E-state index is 0.114. The van der Waals surface area contributed by atoms with Crippen molar-refractivity contribution in [1.82, 2.24) is 4.98 Å². The lowest BCUT2D eigenvalue weighted by atomic mass is 9.99. The Morgan fingerprint density at radius 2 is 2.14 bits per heavy atom. The van der Waals surface area contributed by atoms with Crippen LogP contribution in [-0.2, 0) is 0 Å². The first-order chi connectivity index (χ1) is 6.53. The van der Waals surface area contributed by atoms with Crippen LogP contribution in [0.1, 0.15) is 33.6 Å². The number of pyridine rings is 1. The van der Waals surface area contributed by atoms with E-state index < -0.39 is 0 Å². The van der Waals surface area contributed by atoms with Gasteiger partial charge in [0.1, 0.15) is 10.4 Å². The Balaban J connectivity index is 2.68. The third-order valence-corrected chi connectivity index (χ3v) is 2.50. The van der Waals surface area contributed by atoms with Crippen molar-refractivity contribution < 1.29 is 0 Å². The summed E-state index contributed by atoms with van der Waals surface area (Å²) in [6.07, 6.45) is 2.31. The van der Waals surface area contributed by atoms with E-state index in [-0.39, 0.29) is 5.54 Å². The number of nitrogens with zero attached hydrogens (tertiary/aromatic N) is 1. The van der Waals surface area contributed by atoms with Crippen molar-refractivity contribution in [3.63, 3.8) is 0 Å². The lowest BCUT2D eigenvalue weighted by molar-refractivity contribution is 0.509. The summed E-state index contributed by atoms with van der Waals surface area (Å²) < 4.78 is 0.870. The van der Waals surface area contributed by atoms with E-state index in [4.69, 9.17) is 0 Å². The fourth-order valence-corrected chi connectivity index (χ4v) is 1.86. The highest BCUT2D eigenvalue weighted by atomic mass is 79.9. The third-order valence-electron chi connectivity index (χ3n) is 2.06. The molecule has 1 rings (SSSR count). The molecule has 0 aromatic carbocycles. The van der Waals surface area contributed by atoms with E-state index in [9.17, 15) is 0 Å². The number of aromatic nitrogens is 1. The average molecular weight is 257 g/mol. The SMILES string of the molecule is CCCC(C)(C)Nc1cccc(Br)n1. The van der Waals surface area contributed by atoms with Gasteiger partial charge in [-0.2, -0.15) is 0 Å². The first-order valence-electron chi connectivity index (χ1n) is 4.94. The number of anilines is 1. The van der Waals surface area contributed by atoms with Gasteiger partial charge < -0.3 is 5.32 Å². The Bertz CT molecular complexity index is 297. The molecule has 1 heterocycles. The van der Waals surface area contributed by atoms with Crippen LogP contribution in [0.4, 0.5) is 5.82 Å². The van der Waals surface area contributed by atoms with E-state index in [0.29, 0.717) is 0 Å². The van der Waals surface area contributed by atoms with Gasteiger partial charge in [0, 0.05) is 5.54 Å². The van der Waals surface area contributed by atoms with Crippen LogP contribution in [0.25, 0.3) is 0 Å². The van der Waals surface area contributed by atoms with Crippen LogP contribution in [-0.4, -0.2) is 10.5 Å². The molecular weight excluding hydrogens is 240 g/mol. The number of nitrogens with one attached hydrogen (secondary N) is 1. The molecule has 78 valence electrons. The van der Waals surface area contributed by atoms with Gasteiger partial charge in [-0.3, -0.25) is 0 Å². The predicted octanol–water partition coefficient (Wildman–Crippen LogP) is 3.83. The average Bonchev–Trinajstić information content (AvgIpc) is 2.02. The molecular formula is C11H17BrN2. The minimum atomic E-state index is 0.114. The molecule has 0 fully saturated rings. The van der Waals surface area contributed by atoms with Gasteiger partial charge in [-0.25, -0.2) is 4.98 Å². The first-order valence-corrected chi connectivity index (χ1v) is 5.73. The van der Waals surface area contributed by atoms with E-state index in [0.717, 1.165) is 16.8 Å². The molecule has 0 atom stereocenters. The van der Waals surface area contributed by atoms with Crippen molar-refractivity contribution in [2.45, 2.75) is 39.2 Å². The highest BCUT2D eigenvalue weighted by Gasteiger charge is 2.16. The summed E-state index contributed by atoms with van der Waals surface area (Å²) in [5, 5.41) is 3.42. The lowest BCUT2D eigenvalue weighted by Crippen LogP contribution is -2.30. The molecule has 1 aromatic rings. The topological polar surface area (TPSA) is 24.9 Å². The van der Waals surface area contributed by atoms with Crippen molar-refractivity contribution in [1.29, 1.82) is 0 Å². The second-order valence-electron chi connectivity index (χ2n) is 4.10. The molecule has 0 amide bonds. The summed E-state index contributed by atoms with van der Waals surface area (Å²) in [6, 6.07) is 5.90. The normalized spacial score (nSPS) is 11.4. The van der Waals surface area contributed by atoms with Gasteiger partial charge in [0.15, 0.2) is 0 Å². The van der Waals surface area contributed by atoms with E-state index in [1.165, 1.54) is 6.42 Å². The van der Waals surface area contributed by atoms with Crippen molar-refractivity contribution in [3.8, 4) is 0 Å². The van der Waals surface area contributed by atoms with Crippen molar-refractivity contribution in [2.24, 2.45) is 0 Å². The number of halogens is 1. The van der Waals surface area contributed by atoms with E-state index >= 15 is 0 Å². The van der Waals surface area contributed by atoms with Crippen LogP contribution in [0.15, 0.2) is 22.8 Å². The van der Waals surface area contributed by atoms with Gasteiger partial charge in [0.2, 0.25) is 0 Å². The maximum atomic E-state index is 4.35. The fraction of sp³-hybridized carbons (Fsp3) is 0.545. The third kappa shape index (κ3) is 3.66.